The maximum Gasteiger partial charge on any atom is 0.151 e. The number of carbonyl (C=O) groups excluding carboxylic acids is 1. The molecule has 0 radical (unpaired) electrons. The van der Waals surface area contributed by atoms with Crippen LogP contribution < -0.4 is 0 Å². The van der Waals surface area contributed by atoms with Crippen LogP contribution in [-0.2, 0) is 7.05 Å². The van der Waals surface area contributed by atoms with Gasteiger partial charge in [-0.2, -0.15) is 0 Å². The van der Waals surface area contributed by atoms with Crippen molar-refractivity contribution in [2.75, 3.05) is 0 Å². The molecule has 2 heteroatoms. The highest BCUT2D eigenvalue weighted by molar-refractivity contribution is 6.18. The number of aromatic nitrogens is 1. The molecule has 1 aromatic heterocycles. The number of hydrogen-bond donors (Lipinski definition) is 0. The van der Waals surface area contributed by atoms with Gasteiger partial charge in [0.1, 0.15) is 0 Å². The highest BCUT2D eigenvalue weighted by atomic mass is 16.1. The van der Waals surface area contributed by atoms with Crippen LogP contribution in [0, 0.1) is 0 Å². The Hall–Kier alpha value is -2.61. The topological polar surface area (TPSA) is 22.0 Å². The third kappa shape index (κ3) is 1.36. The Balaban J connectivity index is 2.36. The number of hydrogen-bond acceptors (Lipinski definition) is 1. The minimum atomic E-state index is 0.779. The molecule has 0 spiro atoms. The SMILES string of the molecule is Cn1ccc2ccc3c(C=O)c4ccccc4cc3c21. The summed E-state index contributed by atoms with van der Waals surface area (Å²) in [5.41, 5.74) is 1.96. The lowest BCUT2D eigenvalue weighted by Gasteiger charge is -2.09. The van der Waals surface area contributed by atoms with Gasteiger partial charge in [0.25, 0.3) is 0 Å². The first-order valence-electron chi connectivity index (χ1n) is 6.64. The van der Waals surface area contributed by atoms with Gasteiger partial charge in [-0.25, -0.2) is 0 Å². The fourth-order valence-corrected chi connectivity index (χ4v) is 3.10. The molecule has 0 atom stereocenters. The quantitative estimate of drug-likeness (QED) is 0.369. The van der Waals surface area contributed by atoms with E-state index >= 15 is 0 Å². The van der Waals surface area contributed by atoms with Gasteiger partial charge in [-0.3, -0.25) is 4.79 Å². The molecular formula is C18H13NO. The van der Waals surface area contributed by atoms with Gasteiger partial charge < -0.3 is 4.57 Å². The van der Waals surface area contributed by atoms with E-state index in [9.17, 15) is 4.79 Å². The van der Waals surface area contributed by atoms with E-state index < -0.39 is 0 Å². The predicted molar refractivity (Wildman–Crippen MR) is 83.3 cm³/mol. The van der Waals surface area contributed by atoms with Crippen LogP contribution in [0.25, 0.3) is 32.4 Å². The van der Waals surface area contributed by atoms with E-state index in [0.29, 0.717) is 0 Å². The molecule has 0 amide bonds. The van der Waals surface area contributed by atoms with Crippen molar-refractivity contribution in [1.29, 1.82) is 0 Å². The van der Waals surface area contributed by atoms with Crippen molar-refractivity contribution in [2.45, 2.75) is 0 Å². The second-order valence-corrected chi connectivity index (χ2v) is 5.15. The Morgan fingerprint density at radius 1 is 0.900 bits per heavy atom. The number of aldehydes is 1. The zero-order valence-corrected chi connectivity index (χ0v) is 11.1. The first-order valence-corrected chi connectivity index (χ1v) is 6.64. The summed E-state index contributed by atoms with van der Waals surface area (Å²) in [6, 6.07) is 16.5. The lowest BCUT2D eigenvalue weighted by Crippen LogP contribution is -1.91. The smallest absolute Gasteiger partial charge is 0.151 e. The summed E-state index contributed by atoms with van der Waals surface area (Å²) in [4.78, 5) is 11.6. The molecule has 4 rings (SSSR count). The summed E-state index contributed by atoms with van der Waals surface area (Å²) in [6.45, 7) is 0. The van der Waals surface area contributed by atoms with Crippen LogP contribution in [0.3, 0.4) is 0 Å². The van der Waals surface area contributed by atoms with Gasteiger partial charge in [0.2, 0.25) is 0 Å². The number of benzene rings is 3. The van der Waals surface area contributed by atoms with Gasteiger partial charge in [0.15, 0.2) is 6.29 Å². The van der Waals surface area contributed by atoms with Crippen molar-refractivity contribution in [3.8, 4) is 0 Å². The first-order chi connectivity index (χ1) is 9.79. The van der Waals surface area contributed by atoms with Crippen LogP contribution in [0.5, 0.6) is 0 Å². The van der Waals surface area contributed by atoms with Crippen LogP contribution >= 0.6 is 0 Å². The summed E-state index contributed by atoms with van der Waals surface area (Å²) < 4.78 is 2.11. The average molecular weight is 259 g/mol. The Morgan fingerprint density at radius 3 is 2.60 bits per heavy atom. The van der Waals surface area contributed by atoms with Crippen molar-refractivity contribution < 1.29 is 4.79 Å². The number of rotatable bonds is 1. The highest BCUT2D eigenvalue weighted by Crippen LogP contribution is 2.32. The molecule has 2 nitrogen and oxygen atoms in total. The zero-order valence-electron chi connectivity index (χ0n) is 11.1. The van der Waals surface area contributed by atoms with Crippen molar-refractivity contribution in [2.24, 2.45) is 7.05 Å². The van der Waals surface area contributed by atoms with Crippen molar-refractivity contribution in [1.82, 2.24) is 4.57 Å². The van der Waals surface area contributed by atoms with E-state index in [1.165, 1.54) is 10.9 Å². The van der Waals surface area contributed by atoms with Gasteiger partial charge in [0, 0.05) is 29.6 Å². The summed E-state index contributed by atoms with van der Waals surface area (Å²) in [7, 11) is 2.04. The third-order valence-electron chi connectivity index (χ3n) is 4.04. The summed E-state index contributed by atoms with van der Waals surface area (Å²) in [5, 5.41) is 5.48. The van der Waals surface area contributed by atoms with Crippen LogP contribution in [0.4, 0.5) is 0 Å². The molecule has 96 valence electrons. The summed E-state index contributed by atoms with van der Waals surface area (Å²) in [5.74, 6) is 0. The lowest BCUT2D eigenvalue weighted by molar-refractivity contribution is 0.112. The Morgan fingerprint density at radius 2 is 1.75 bits per heavy atom. The molecule has 0 bridgehead atoms. The average Bonchev–Trinajstić information content (AvgIpc) is 2.86. The molecule has 0 fully saturated rings. The van der Waals surface area contributed by atoms with E-state index in [4.69, 9.17) is 0 Å². The Bertz CT molecular complexity index is 979. The Kier molecular flexibility index (Phi) is 2.21. The van der Waals surface area contributed by atoms with E-state index in [1.54, 1.807) is 0 Å². The van der Waals surface area contributed by atoms with Gasteiger partial charge in [-0.1, -0.05) is 36.4 Å². The number of carbonyl (C=O) groups is 1. The van der Waals surface area contributed by atoms with E-state index in [2.05, 4.69) is 35.0 Å². The molecule has 20 heavy (non-hydrogen) atoms. The second kappa shape index (κ2) is 3.94. The molecule has 0 N–H and O–H groups in total. The third-order valence-corrected chi connectivity index (χ3v) is 4.04. The molecule has 4 aromatic rings. The van der Waals surface area contributed by atoms with Gasteiger partial charge in [0.05, 0.1) is 5.52 Å². The molecule has 3 aromatic carbocycles. The zero-order chi connectivity index (χ0) is 13.7. The highest BCUT2D eigenvalue weighted by Gasteiger charge is 2.10. The fraction of sp³-hybridized carbons (Fsp3) is 0.0556. The number of fused-ring (bicyclic) bond motifs is 4. The molecule has 0 unspecified atom stereocenters. The maximum absolute atomic E-state index is 11.6. The number of aryl methyl sites for hydroxylation is 1. The lowest BCUT2D eigenvalue weighted by atomic mass is 9.96. The van der Waals surface area contributed by atoms with Crippen LogP contribution in [-0.4, -0.2) is 10.9 Å². The molecule has 0 aliphatic carbocycles. The van der Waals surface area contributed by atoms with Gasteiger partial charge >= 0.3 is 0 Å². The minimum absolute atomic E-state index is 0.779. The second-order valence-electron chi connectivity index (χ2n) is 5.15. The molecule has 0 aliphatic heterocycles. The Labute approximate surface area is 116 Å². The fourth-order valence-electron chi connectivity index (χ4n) is 3.10. The van der Waals surface area contributed by atoms with Crippen molar-refractivity contribution >= 4 is 38.7 Å². The molecule has 0 saturated carbocycles. The van der Waals surface area contributed by atoms with Gasteiger partial charge in [-0.05, 0) is 28.3 Å². The normalized spacial score (nSPS) is 11.4. The van der Waals surface area contributed by atoms with Crippen LogP contribution in [0.1, 0.15) is 10.4 Å². The first kappa shape index (κ1) is 11.2. The predicted octanol–water partition coefficient (Wildman–Crippen LogP) is 4.30. The van der Waals surface area contributed by atoms with Crippen LogP contribution in [0.15, 0.2) is 54.7 Å². The van der Waals surface area contributed by atoms with Crippen molar-refractivity contribution in [3.63, 3.8) is 0 Å². The van der Waals surface area contributed by atoms with E-state index in [0.717, 1.165) is 33.4 Å². The maximum atomic E-state index is 11.6. The van der Waals surface area contributed by atoms with E-state index in [1.807, 2.05) is 31.3 Å². The van der Waals surface area contributed by atoms with Crippen LogP contribution in [0.2, 0.25) is 0 Å². The standard InChI is InChI=1S/C18H13NO/c1-19-9-8-12-6-7-15-16(18(12)19)10-13-4-2-3-5-14(13)17(15)11-20/h2-11H,1H3. The summed E-state index contributed by atoms with van der Waals surface area (Å²) in [6.07, 6.45) is 3.03. The molecule has 0 saturated heterocycles. The molecular weight excluding hydrogens is 246 g/mol. The summed E-state index contributed by atoms with van der Waals surface area (Å²) >= 11 is 0. The van der Waals surface area contributed by atoms with Gasteiger partial charge in [-0.15, -0.1) is 0 Å². The molecule has 0 aliphatic rings. The molecule has 1 heterocycles. The monoisotopic (exact) mass is 259 g/mol. The number of nitrogens with zero attached hydrogens (tertiary/aromatic N) is 1. The van der Waals surface area contributed by atoms with E-state index in [-0.39, 0.29) is 0 Å². The minimum Gasteiger partial charge on any atom is -0.350 e. The van der Waals surface area contributed by atoms with Crippen molar-refractivity contribution in [3.05, 3.63) is 60.3 Å². The largest absolute Gasteiger partial charge is 0.350 e.